The van der Waals surface area contributed by atoms with Crippen molar-refractivity contribution in [2.45, 2.75) is 32.6 Å². The van der Waals surface area contributed by atoms with Gasteiger partial charge in [0.1, 0.15) is 0 Å². The summed E-state index contributed by atoms with van der Waals surface area (Å²) in [4.78, 5) is 0. The summed E-state index contributed by atoms with van der Waals surface area (Å²) in [6.45, 7) is 5.85. The Kier molecular flexibility index (Phi) is 10.1. The molecule has 0 bridgehead atoms. The van der Waals surface area contributed by atoms with E-state index in [9.17, 15) is 0 Å². The first-order valence-corrected chi connectivity index (χ1v) is 5.01. The van der Waals surface area contributed by atoms with E-state index in [1.165, 1.54) is 19.3 Å². The minimum Gasteiger partial charge on any atom is -0.103 e. The molecule has 0 heteroatoms. The zero-order valence-electron chi connectivity index (χ0n) is 8.58. The molecule has 0 radical (unpaired) electrons. The van der Waals surface area contributed by atoms with Crippen molar-refractivity contribution < 1.29 is 0 Å². The Bertz CT molecular complexity index is 182. The highest BCUT2D eigenvalue weighted by atomic mass is 13.8. The van der Waals surface area contributed by atoms with Crippen molar-refractivity contribution in [3.63, 3.8) is 0 Å². The van der Waals surface area contributed by atoms with E-state index in [2.05, 4.69) is 37.8 Å². The molecule has 0 atom stereocenters. The quantitative estimate of drug-likeness (QED) is 0.306. The van der Waals surface area contributed by atoms with Gasteiger partial charge >= 0.3 is 0 Å². The van der Waals surface area contributed by atoms with Crippen molar-refractivity contribution in [3.8, 4) is 0 Å². The first-order chi connectivity index (χ1) is 6.41. The molecular weight excluding hydrogens is 156 g/mol. The molecule has 0 unspecified atom stereocenters. The molecule has 0 nitrogen and oxygen atoms in total. The van der Waals surface area contributed by atoms with E-state index in [1.807, 2.05) is 18.2 Å². The van der Waals surface area contributed by atoms with E-state index in [4.69, 9.17) is 0 Å². The van der Waals surface area contributed by atoms with Crippen LogP contribution >= 0.6 is 0 Å². The average molecular weight is 176 g/mol. The highest BCUT2D eigenvalue weighted by Gasteiger charge is 1.74. The molecule has 0 saturated carbocycles. The second-order valence-corrected chi connectivity index (χ2v) is 2.91. The van der Waals surface area contributed by atoms with Crippen LogP contribution in [0.2, 0.25) is 0 Å². The topological polar surface area (TPSA) is 0 Å². The fourth-order valence-electron chi connectivity index (χ4n) is 0.878. The summed E-state index contributed by atoms with van der Waals surface area (Å²) in [6, 6.07) is 0. The molecule has 0 heterocycles. The van der Waals surface area contributed by atoms with Crippen LogP contribution in [0.3, 0.4) is 0 Å². The minimum atomic E-state index is 0.948. The van der Waals surface area contributed by atoms with Crippen molar-refractivity contribution in [1.29, 1.82) is 0 Å². The van der Waals surface area contributed by atoms with Gasteiger partial charge in [-0.2, -0.15) is 0 Å². The molecule has 0 rings (SSSR count). The average Bonchev–Trinajstić information content (AvgIpc) is 2.16. The fourth-order valence-corrected chi connectivity index (χ4v) is 0.878. The smallest absolute Gasteiger partial charge is 0.0169 e. The summed E-state index contributed by atoms with van der Waals surface area (Å²) >= 11 is 0. The van der Waals surface area contributed by atoms with Gasteiger partial charge in [0.15, 0.2) is 0 Å². The molecule has 0 aromatic heterocycles. The third-order valence-corrected chi connectivity index (χ3v) is 1.63. The standard InChI is InChI=1S/C13H20/c1-3-5-7-9-11-13-12-10-8-6-4-2/h3,7,9-13H,1,4-6,8H2,2H3/b9-7+,12-10+,13-11+. The Morgan fingerprint density at radius 3 is 2.31 bits per heavy atom. The first-order valence-electron chi connectivity index (χ1n) is 5.01. The van der Waals surface area contributed by atoms with E-state index in [1.54, 1.807) is 0 Å². The van der Waals surface area contributed by atoms with Crippen LogP contribution in [0.5, 0.6) is 0 Å². The summed E-state index contributed by atoms with van der Waals surface area (Å²) in [7, 11) is 0. The van der Waals surface area contributed by atoms with Gasteiger partial charge in [-0.15, -0.1) is 6.58 Å². The van der Waals surface area contributed by atoms with Crippen molar-refractivity contribution in [2.24, 2.45) is 0 Å². The van der Waals surface area contributed by atoms with Gasteiger partial charge in [0.05, 0.1) is 0 Å². The van der Waals surface area contributed by atoms with Gasteiger partial charge in [-0.1, -0.05) is 62.3 Å². The molecule has 0 amide bonds. The molecular formula is C13H20. The zero-order chi connectivity index (χ0) is 9.78. The third-order valence-electron chi connectivity index (χ3n) is 1.63. The number of hydrogen-bond donors (Lipinski definition) is 0. The third kappa shape index (κ3) is 11.0. The van der Waals surface area contributed by atoms with Gasteiger partial charge in [-0.25, -0.2) is 0 Å². The van der Waals surface area contributed by atoms with Crippen LogP contribution < -0.4 is 0 Å². The molecule has 72 valence electrons. The van der Waals surface area contributed by atoms with Crippen LogP contribution in [0.15, 0.2) is 49.1 Å². The normalized spacial score (nSPS) is 12.1. The molecule has 0 spiro atoms. The second kappa shape index (κ2) is 11.0. The second-order valence-electron chi connectivity index (χ2n) is 2.91. The number of unbranched alkanes of at least 4 members (excludes halogenated alkanes) is 2. The van der Waals surface area contributed by atoms with Crippen LogP contribution in [0, 0.1) is 0 Å². The Balaban J connectivity index is 3.39. The maximum atomic E-state index is 3.64. The lowest BCUT2D eigenvalue weighted by Crippen LogP contribution is -1.64. The van der Waals surface area contributed by atoms with Crippen LogP contribution in [0.1, 0.15) is 32.6 Å². The van der Waals surface area contributed by atoms with Crippen molar-refractivity contribution in [3.05, 3.63) is 49.1 Å². The van der Waals surface area contributed by atoms with Crippen LogP contribution in [0.4, 0.5) is 0 Å². The summed E-state index contributed by atoms with van der Waals surface area (Å²) in [5.41, 5.74) is 0. The van der Waals surface area contributed by atoms with Crippen molar-refractivity contribution in [1.82, 2.24) is 0 Å². The number of hydrogen-bond acceptors (Lipinski definition) is 0. The van der Waals surface area contributed by atoms with E-state index >= 15 is 0 Å². The Morgan fingerprint density at radius 2 is 1.69 bits per heavy atom. The van der Waals surface area contributed by atoms with Gasteiger partial charge in [0.25, 0.3) is 0 Å². The number of allylic oxidation sites excluding steroid dienone is 7. The van der Waals surface area contributed by atoms with Gasteiger partial charge in [0, 0.05) is 0 Å². The zero-order valence-corrected chi connectivity index (χ0v) is 8.58. The number of rotatable bonds is 7. The van der Waals surface area contributed by atoms with Crippen molar-refractivity contribution in [2.75, 3.05) is 0 Å². The lowest BCUT2D eigenvalue weighted by molar-refractivity contribution is 0.815. The van der Waals surface area contributed by atoms with Gasteiger partial charge in [-0.3, -0.25) is 0 Å². The molecule has 0 aliphatic carbocycles. The fraction of sp³-hybridized carbons (Fsp3) is 0.385. The van der Waals surface area contributed by atoms with Crippen molar-refractivity contribution >= 4 is 0 Å². The molecule has 13 heavy (non-hydrogen) atoms. The SMILES string of the molecule is C=CC/C=C/C=C/C=C/CCCC. The lowest BCUT2D eigenvalue weighted by Gasteiger charge is -1.85. The Hall–Kier alpha value is -1.04. The Labute approximate surface area is 82.4 Å². The monoisotopic (exact) mass is 176 g/mol. The highest BCUT2D eigenvalue weighted by Crippen LogP contribution is 1.94. The molecule has 0 aromatic rings. The van der Waals surface area contributed by atoms with E-state index in [0.717, 1.165) is 6.42 Å². The Morgan fingerprint density at radius 1 is 1.00 bits per heavy atom. The predicted octanol–water partition coefficient (Wildman–Crippen LogP) is 4.42. The lowest BCUT2D eigenvalue weighted by atomic mass is 10.2. The van der Waals surface area contributed by atoms with E-state index in [0.29, 0.717) is 0 Å². The van der Waals surface area contributed by atoms with Crippen LogP contribution in [-0.2, 0) is 0 Å². The molecule has 0 fully saturated rings. The van der Waals surface area contributed by atoms with E-state index < -0.39 is 0 Å². The molecule has 0 aliphatic rings. The van der Waals surface area contributed by atoms with Gasteiger partial charge in [-0.05, 0) is 12.8 Å². The largest absolute Gasteiger partial charge is 0.103 e. The van der Waals surface area contributed by atoms with Gasteiger partial charge < -0.3 is 0 Å². The minimum absolute atomic E-state index is 0.948. The van der Waals surface area contributed by atoms with E-state index in [-0.39, 0.29) is 0 Å². The van der Waals surface area contributed by atoms with Crippen LogP contribution in [0.25, 0.3) is 0 Å². The maximum Gasteiger partial charge on any atom is -0.0169 e. The summed E-state index contributed by atoms with van der Waals surface area (Å²) in [5.74, 6) is 0. The van der Waals surface area contributed by atoms with Crippen LogP contribution in [-0.4, -0.2) is 0 Å². The first kappa shape index (κ1) is 12.0. The molecule has 0 N–H and O–H groups in total. The summed E-state index contributed by atoms with van der Waals surface area (Å²) < 4.78 is 0. The van der Waals surface area contributed by atoms with Gasteiger partial charge in [0.2, 0.25) is 0 Å². The molecule has 0 aliphatic heterocycles. The maximum absolute atomic E-state index is 3.64. The molecule has 0 saturated heterocycles. The summed E-state index contributed by atoms with van der Waals surface area (Å²) in [6.07, 6.45) is 19.2. The predicted molar refractivity (Wildman–Crippen MR) is 61.8 cm³/mol. The molecule has 0 aromatic carbocycles. The highest BCUT2D eigenvalue weighted by molar-refractivity contribution is 5.11. The summed E-state index contributed by atoms with van der Waals surface area (Å²) in [5, 5.41) is 0.